The van der Waals surface area contributed by atoms with Crippen LogP contribution in [0.5, 0.6) is 11.5 Å². The van der Waals surface area contributed by atoms with Gasteiger partial charge >= 0.3 is 0 Å². The van der Waals surface area contributed by atoms with Crippen LogP contribution < -0.4 is 9.47 Å². The lowest BCUT2D eigenvalue weighted by molar-refractivity contribution is 0.311. The average molecular weight is 320 g/mol. The highest BCUT2D eigenvalue weighted by Crippen LogP contribution is 2.27. The van der Waals surface area contributed by atoms with Crippen molar-refractivity contribution in [2.45, 2.75) is 26.7 Å². The topological polar surface area (TPSA) is 64.4 Å². The second-order valence-electron chi connectivity index (χ2n) is 4.59. The third-order valence-corrected chi connectivity index (χ3v) is 3.27. The number of ether oxygens (including phenoxy) is 2. The van der Waals surface area contributed by atoms with E-state index >= 15 is 0 Å². The molecule has 0 atom stereocenters. The van der Waals surface area contributed by atoms with E-state index in [-0.39, 0.29) is 0 Å². The van der Waals surface area contributed by atoms with E-state index in [0.29, 0.717) is 22.9 Å². The van der Waals surface area contributed by atoms with Crippen molar-refractivity contribution in [2.75, 3.05) is 13.7 Å². The number of methoxy groups -OCH3 is 1. The average Bonchev–Trinajstić information content (AvgIpc) is 2.86. The molecule has 0 amide bonds. The molecule has 0 unspecified atom stereocenters. The van der Waals surface area contributed by atoms with Crippen molar-refractivity contribution < 1.29 is 9.47 Å². The SMILES string of the molecule is CCCc1n[nH]c(=S)n1/N=C\c1ccc(OC)c(OCC)c1. The molecule has 0 spiro atoms. The Kier molecular flexibility index (Phi) is 5.71. The summed E-state index contributed by atoms with van der Waals surface area (Å²) >= 11 is 5.20. The Balaban J connectivity index is 2.28. The first-order chi connectivity index (χ1) is 10.7. The molecule has 0 bridgehead atoms. The molecular formula is C15H20N4O2S. The Bertz CT molecular complexity index is 706. The third-order valence-electron chi connectivity index (χ3n) is 3.00. The van der Waals surface area contributed by atoms with E-state index in [9.17, 15) is 0 Å². The monoisotopic (exact) mass is 320 g/mol. The van der Waals surface area contributed by atoms with Crippen LogP contribution in [0.25, 0.3) is 0 Å². The minimum Gasteiger partial charge on any atom is -0.493 e. The minimum atomic E-state index is 0.484. The number of rotatable bonds is 7. The first-order valence-corrected chi connectivity index (χ1v) is 7.61. The number of nitrogens with one attached hydrogen (secondary N) is 1. The van der Waals surface area contributed by atoms with Crippen molar-refractivity contribution in [3.8, 4) is 11.5 Å². The van der Waals surface area contributed by atoms with Crippen molar-refractivity contribution in [3.63, 3.8) is 0 Å². The number of benzene rings is 1. The highest BCUT2D eigenvalue weighted by molar-refractivity contribution is 7.71. The van der Waals surface area contributed by atoms with Crippen molar-refractivity contribution in [1.82, 2.24) is 14.9 Å². The molecule has 6 nitrogen and oxygen atoms in total. The fourth-order valence-corrected chi connectivity index (χ4v) is 2.19. The Morgan fingerprint density at radius 1 is 1.36 bits per heavy atom. The Hall–Kier alpha value is -2.15. The van der Waals surface area contributed by atoms with Crippen LogP contribution in [0.2, 0.25) is 0 Å². The molecular weight excluding hydrogens is 300 g/mol. The molecule has 1 N–H and O–H groups in total. The molecule has 0 aliphatic heterocycles. The highest BCUT2D eigenvalue weighted by Gasteiger charge is 2.06. The van der Waals surface area contributed by atoms with Crippen molar-refractivity contribution in [3.05, 3.63) is 34.4 Å². The van der Waals surface area contributed by atoms with Crippen LogP contribution >= 0.6 is 12.2 Å². The summed E-state index contributed by atoms with van der Waals surface area (Å²) in [5.74, 6) is 2.21. The summed E-state index contributed by atoms with van der Waals surface area (Å²) in [5.41, 5.74) is 0.898. The number of hydrogen-bond donors (Lipinski definition) is 1. The Labute approximate surface area is 134 Å². The maximum Gasteiger partial charge on any atom is 0.216 e. The molecule has 0 aliphatic rings. The molecule has 0 aliphatic carbocycles. The van der Waals surface area contributed by atoms with E-state index in [2.05, 4.69) is 22.2 Å². The van der Waals surface area contributed by atoms with Gasteiger partial charge in [-0.15, -0.1) is 0 Å². The molecule has 2 rings (SSSR count). The Morgan fingerprint density at radius 3 is 2.86 bits per heavy atom. The summed E-state index contributed by atoms with van der Waals surface area (Å²) < 4.78 is 13.0. The van der Waals surface area contributed by atoms with Gasteiger partial charge in [0.05, 0.1) is 19.9 Å². The van der Waals surface area contributed by atoms with Gasteiger partial charge in [-0.25, -0.2) is 0 Å². The van der Waals surface area contributed by atoms with Crippen LogP contribution in [0.3, 0.4) is 0 Å². The molecule has 0 saturated heterocycles. The van der Waals surface area contributed by atoms with Gasteiger partial charge in [-0.1, -0.05) is 6.92 Å². The van der Waals surface area contributed by atoms with Crippen LogP contribution in [0.4, 0.5) is 0 Å². The number of aromatic amines is 1. The first-order valence-electron chi connectivity index (χ1n) is 7.21. The van der Waals surface area contributed by atoms with Gasteiger partial charge in [0, 0.05) is 6.42 Å². The normalized spacial score (nSPS) is 11.0. The molecule has 0 saturated carbocycles. The van der Waals surface area contributed by atoms with E-state index in [4.69, 9.17) is 21.7 Å². The van der Waals surface area contributed by atoms with Crippen LogP contribution in [-0.2, 0) is 6.42 Å². The van der Waals surface area contributed by atoms with Gasteiger partial charge in [-0.3, -0.25) is 5.10 Å². The van der Waals surface area contributed by atoms with Gasteiger partial charge < -0.3 is 9.47 Å². The zero-order valence-corrected chi connectivity index (χ0v) is 13.8. The molecule has 1 aromatic carbocycles. The maximum absolute atomic E-state index is 5.56. The van der Waals surface area contributed by atoms with Crippen molar-refractivity contribution in [2.24, 2.45) is 5.10 Å². The summed E-state index contributed by atoms with van der Waals surface area (Å²) in [7, 11) is 1.62. The van der Waals surface area contributed by atoms with Crippen LogP contribution in [0.1, 0.15) is 31.7 Å². The Morgan fingerprint density at radius 2 is 2.18 bits per heavy atom. The number of aryl methyl sites for hydroxylation is 1. The summed E-state index contributed by atoms with van der Waals surface area (Å²) in [6.07, 6.45) is 3.52. The summed E-state index contributed by atoms with van der Waals surface area (Å²) in [6, 6.07) is 5.65. The molecule has 0 radical (unpaired) electrons. The lowest BCUT2D eigenvalue weighted by atomic mass is 10.2. The second kappa shape index (κ2) is 7.74. The van der Waals surface area contributed by atoms with E-state index in [1.54, 1.807) is 18.0 Å². The predicted molar refractivity (Wildman–Crippen MR) is 88.6 cm³/mol. The predicted octanol–water partition coefficient (Wildman–Crippen LogP) is 3.18. The summed E-state index contributed by atoms with van der Waals surface area (Å²) in [5, 5.41) is 11.4. The van der Waals surface area contributed by atoms with Gasteiger partial charge in [0.25, 0.3) is 0 Å². The highest BCUT2D eigenvalue weighted by atomic mass is 32.1. The van der Waals surface area contributed by atoms with Crippen molar-refractivity contribution >= 4 is 18.4 Å². The quantitative estimate of drug-likeness (QED) is 0.628. The number of nitrogens with zero attached hydrogens (tertiary/aromatic N) is 3. The fraction of sp³-hybridized carbons (Fsp3) is 0.400. The van der Waals surface area contributed by atoms with E-state index in [1.165, 1.54) is 0 Å². The summed E-state index contributed by atoms with van der Waals surface area (Å²) in [6.45, 7) is 4.59. The largest absolute Gasteiger partial charge is 0.493 e. The standard InChI is InChI=1S/C15H20N4O2S/c1-4-6-14-17-18-15(22)19(14)16-10-11-7-8-12(20-3)13(9-11)21-5-2/h7-10H,4-6H2,1-3H3,(H,18,22)/b16-10-. The van der Waals surface area contributed by atoms with E-state index in [0.717, 1.165) is 24.2 Å². The molecule has 0 fully saturated rings. The minimum absolute atomic E-state index is 0.484. The molecule has 118 valence electrons. The number of H-pyrrole nitrogens is 1. The molecule has 1 heterocycles. The van der Waals surface area contributed by atoms with E-state index < -0.39 is 0 Å². The molecule has 2 aromatic rings. The molecule has 7 heteroatoms. The van der Waals surface area contributed by atoms with Crippen LogP contribution in [0, 0.1) is 4.77 Å². The second-order valence-corrected chi connectivity index (χ2v) is 4.98. The maximum atomic E-state index is 5.56. The van der Waals surface area contributed by atoms with Crippen molar-refractivity contribution in [1.29, 1.82) is 0 Å². The summed E-state index contributed by atoms with van der Waals surface area (Å²) in [4.78, 5) is 0. The lowest BCUT2D eigenvalue weighted by Gasteiger charge is -2.09. The number of hydrogen-bond acceptors (Lipinski definition) is 5. The zero-order valence-electron chi connectivity index (χ0n) is 13.0. The van der Waals surface area contributed by atoms with Gasteiger partial charge in [0.15, 0.2) is 17.3 Å². The van der Waals surface area contributed by atoms with Gasteiger partial charge in [-0.05, 0) is 49.3 Å². The lowest BCUT2D eigenvalue weighted by Crippen LogP contribution is -1.99. The van der Waals surface area contributed by atoms with Crippen LogP contribution in [-0.4, -0.2) is 34.8 Å². The van der Waals surface area contributed by atoms with Crippen LogP contribution in [0.15, 0.2) is 23.3 Å². The third kappa shape index (κ3) is 3.73. The zero-order chi connectivity index (χ0) is 15.9. The molecule has 22 heavy (non-hydrogen) atoms. The van der Waals surface area contributed by atoms with Gasteiger partial charge in [0.2, 0.25) is 4.77 Å². The van der Waals surface area contributed by atoms with E-state index in [1.807, 2.05) is 25.1 Å². The number of aromatic nitrogens is 3. The smallest absolute Gasteiger partial charge is 0.216 e. The first kappa shape index (κ1) is 16.2. The fourth-order valence-electron chi connectivity index (χ4n) is 2.00. The van der Waals surface area contributed by atoms with Gasteiger partial charge in [-0.2, -0.15) is 14.9 Å². The molecule has 1 aromatic heterocycles. The van der Waals surface area contributed by atoms with Gasteiger partial charge in [0.1, 0.15) is 0 Å².